The summed E-state index contributed by atoms with van der Waals surface area (Å²) in [4.78, 5) is 3.87. The van der Waals surface area contributed by atoms with E-state index in [9.17, 15) is 0 Å². The van der Waals surface area contributed by atoms with Gasteiger partial charge in [-0.25, -0.2) is 0 Å². The average molecular weight is 222 g/mol. The molecule has 0 saturated carbocycles. The number of rotatable bonds is 1. The summed E-state index contributed by atoms with van der Waals surface area (Å²) in [6, 6.07) is 1.46. The van der Waals surface area contributed by atoms with Crippen LogP contribution in [0.25, 0.3) is 0 Å². The highest BCUT2D eigenvalue weighted by molar-refractivity contribution is 9.08. The van der Waals surface area contributed by atoms with Crippen LogP contribution in [0.5, 0.6) is 5.75 Å². The lowest BCUT2D eigenvalue weighted by molar-refractivity contribution is 0.472. The fourth-order valence-corrected chi connectivity index (χ4v) is 1.39. The summed E-state index contributed by atoms with van der Waals surface area (Å²) in [5.41, 5.74) is 0.736. The minimum Gasteiger partial charge on any atom is -0.506 e. The van der Waals surface area contributed by atoms with Gasteiger partial charge in [-0.3, -0.25) is 4.98 Å². The lowest BCUT2D eigenvalue weighted by Gasteiger charge is -1.97. The van der Waals surface area contributed by atoms with Crippen LogP contribution in [0.15, 0.2) is 12.3 Å². The van der Waals surface area contributed by atoms with E-state index in [4.69, 9.17) is 16.7 Å². The second-order valence-corrected chi connectivity index (χ2v) is 2.72. The van der Waals surface area contributed by atoms with Crippen molar-refractivity contribution in [3.63, 3.8) is 0 Å². The van der Waals surface area contributed by atoms with Gasteiger partial charge >= 0.3 is 0 Å². The van der Waals surface area contributed by atoms with Gasteiger partial charge in [0, 0.05) is 11.4 Å². The first-order chi connectivity index (χ1) is 4.74. The highest BCUT2D eigenvalue weighted by atomic mass is 79.9. The van der Waals surface area contributed by atoms with Gasteiger partial charge in [-0.1, -0.05) is 27.5 Å². The molecule has 0 amide bonds. The van der Waals surface area contributed by atoms with E-state index >= 15 is 0 Å². The van der Waals surface area contributed by atoms with E-state index in [1.807, 2.05) is 0 Å². The zero-order valence-electron chi connectivity index (χ0n) is 5.01. The van der Waals surface area contributed by atoms with E-state index < -0.39 is 0 Å². The maximum absolute atomic E-state index is 8.87. The molecule has 4 heteroatoms. The molecule has 0 radical (unpaired) electrons. The third kappa shape index (κ3) is 1.61. The number of hydrogen-bond acceptors (Lipinski definition) is 2. The van der Waals surface area contributed by atoms with E-state index in [0.717, 1.165) is 5.69 Å². The predicted molar refractivity (Wildman–Crippen MR) is 43.5 cm³/mol. The van der Waals surface area contributed by atoms with Gasteiger partial charge < -0.3 is 5.11 Å². The molecule has 0 aliphatic rings. The van der Waals surface area contributed by atoms with E-state index in [2.05, 4.69) is 20.9 Å². The SMILES string of the molecule is Oc1cnc(CBr)c(Cl)c1. The van der Waals surface area contributed by atoms with Crippen molar-refractivity contribution in [3.05, 3.63) is 23.0 Å². The number of hydrogen-bond donors (Lipinski definition) is 1. The Labute approximate surface area is 72.0 Å². The lowest BCUT2D eigenvalue weighted by Crippen LogP contribution is -1.84. The fraction of sp³-hybridized carbons (Fsp3) is 0.167. The zero-order valence-corrected chi connectivity index (χ0v) is 7.35. The minimum atomic E-state index is 0.0923. The summed E-state index contributed by atoms with van der Waals surface area (Å²) >= 11 is 8.88. The highest BCUT2D eigenvalue weighted by Gasteiger charge is 1.99. The normalized spacial score (nSPS) is 9.80. The number of aromatic nitrogens is 1. The number of halogens is 2. The van der Waals surface area contributed by atoms with Gasteiger partial charge in [0.05, 0.1) is 16.9 Å². The van der Waals surface area contributed by atoms with E-state index in [0.29, 0.717) is 10.4 Å². The molecule has 2 nitrogen and oxygen atoms in total. The summed E-state index contributed by atoms with van der Waals surface area (Å²) in [5, 5.41) is 9.96. The highest BCUT2D eigenvalue weighted by Crippen LogP contribution is 2.20. The Hall–Kier alpha value is -0.280. The number of alkyl halides is 1. The first-order valence-electron chi connectivity index (χ1n) is 2.63. The molecule has 1 aromatic heterocycles. The maximum atomic E-state index is 8.87. The Kier molecular flexibility index (Phi) is 2.51. The lowest BCUT2D eigenvalue weighted by atomic mass is 10.4. The predicted octanol–water partition coefficient (Wildman–Crippen LogP) is 2.34. The number of pyridine rings is 1. The molecule has 54 valence electrons. The first-order valence-corrected chi connectivity index (χ1v) is 4.13. The minimum absolute atomic E-state index is 0.0923. The van der Waals surface area contributed by atoms with Crippen LogP contribution in [-0.2, 0) is 5.33 Å². The Morgan fingerprint density at radius 2 is 2.40 bits per heavy atom. The van der Waals surface area contributed by atoms with Gasteiger partial charge in [-0.05, 0) is 0 Å². The largest absolute Gasteiger partial charge is 0.506 e. The summed E-state index contributed by atoms with van der Waals surface area (Å²) in [6.07, 6.45) is 1.36. The molecule has 0 aromatic carbocycles. The molecule has 1 rings (SSSR count). The number of nitrogens with zero attached hydrogens (tertiary/aromatic N) is 1. The molecule has 1 N–H and O–H groups in total. The van der Waals surface area contributed by atoms with Crippen LogP contribution in [0.1, 0.15) is 5.69 Å². The molecule has 0 saturated heterocycles. The van der Waals surface area contributed by atoms with Crippen molar-refractivity contribution in [1.82, 2.24) is 4.98 Å². The third-order valence-corrected chi connectivity index (χ3v) is 1.89. The fourth-order valence-electron chi connectivity index (χ4n) is 0.554. The molecule has 0 aliphatic carbocycles. The Morgan fingerprint density at radius 3 is 2.90 bits per heavy atom. The van der Waals surface area contributed by atoms with E-state index in [1.54, 1.807) is 0 Å². The first kappa shape index (κ1) is 7.82. The maximum Gasteiger partial charge on any atom is 0.135 e. The van der Waals surface area contributed by atoms with Crippen molar-refractivity contribution >= 4 is 27.5 Å². The summed E-state index contributed by atoms with van der Waals surface area (Å²) in [6.45, 7) is 0. The van der Waals surface area contributed by atoms with Crippen molar-refractivity contribution in [2.45, 2.75) is 5.33 Å². The number of aromatic hydroxyl groups is 1. The van der Waals surface area contributed by atoms with Crippen LogP contribution < -0.4 is 0 Å². The van der Waals surface area contributed by atoms with Crippen molar-refractivity contribution in [2.75, 3.05) is 0 Å². The molecule has 0 fully saturated rings. The quantitative estimate of drug-likeness (QED) is 0.740. The van der Waals surface area contributed by atoms with E-state index in [-0.39, 0.29) is 5.75 Å². The van der Waals surface area contributed by atoms with Crippen molar-refractivity contribution in [1.29, 1.82) is 0 Å². The standard InChI is InChI=1S/C6H5BrClNO/c7-2-6-5(8)1-4(10)3-9-6/h1,3,10H,2H2. The van der Waals surface area contributed by atoms with Crippen molar-refractivity contribution in [2.24, 2.45) is 0 Å². The van der Waals surface area contributed by atoms with Crippen LogP contribution >= 0.6 is 27.5 Å². The molecule has 1 heterocycles. The van der Waals surface area contributed by atoms with Gasteiger partial charge in [0.15, 0.2) is 0 Å². The Bertz CT molecular complexity index is 241. The van der Waals surface area contributed by atoms with Crippen LogP contribution in [-0.4, -0.2) is 10.1 Å². The van der Waals surface area contributed by atoms with Gasteiger partial charge in [0.25, 0.3) is 0 Å². The summed E-state index contributed by atoms with van der Waals surface area (Å²) < 4.78 is 0. The van der Waals surface area contributed by atoms with Crippen molar-refractivity contribution in [3.8, 4) is 5.75 Å². The molecule has 1 aromatic rings. The van der Waals surface area contributed by atoms with Crippen molar-refractivity contribution < 1.29 is 5.11 Å². The molecule has 0 atom stereocenters. The molecule has 0 aliphatic heterocycles. The van der Waals surface area contributed by atoms with Gasteiger partial charge in [-0.2, -0.15) is 0 Å². The van der Waals surface area contributed by atoms with Crippen LogP contribution in [0.4, 0.5) is 0 Å². The topological polar surface area (TPSA) is 33.1 Å². The monoisotopic (exact) mass is 221 g/mol. The van der Waals surface area contributed by atoms with Crippen LogP contribution in [0, 0.1) is 0 Å². The van der Waals surface area contributed by atoms with E-state index in [1.165, 1.54) is 12.3 Å². The molecule has 10 heavy (non-hydrogen) atoms. The molecule has 0 spiro atoms. The Morgan fingerprint density at radius 1 is 1.70 bits per heavy atom. The molecular formula is C6H5BrClNO. The summed E-state index contributed by atoms with van der Waals surface area (Å²) in [7, 11) is 0. The third-order valence-electron chi connectivity index (χ3n) is 1.03. The van der Waals surface area contributed by atoms with Crippen LogP contribution in [0.3, 0.4) is 0 Å². The second kappa shape index (κ2) is 3.21. The van der Waals surface area contributed by atoms with Gasteiger partial charge in [0.1, 0.15) is 5.75 Å². The molecule has 0 bridgehead atoms. The summed E-state index contributed by atoms with van der Waals surface area (Å²) in [5.74, 6) is 0.0923. The van der Waals surface area contributed by atoms with Gasteiger partial charge in [0.2, 0.25) is 0 Å². The Balaban J connectivity index is 3.07. The second-order valence-electron chi connectivity index (χ2n) is 1.76. The van der Waals surface area contributed by atoms with Crippen LogP contribution in [0.2, 0.25) is 5.02 Å². The molecule has 0 unspecified atom stereocenters. The molecular weight excluding hydrogens is 217 g/mol. The average Bonchev–Trinajstić information content (AvgIpc) is 1.88. The van der Waals surface area contributed by atoms with Gasteiger partial charge in [-0.15, -0.1) is 0 Å². The zero-order chi connectivity index (χ0) is 7.56. The smallest absolute Gasteiger partial charge is 0.135 e.